The summed E-state index contributed by atoms with van der Waals surface area (Å²) in [5, 5.41) is 0.762. The molecule has 0 atom stereocenters. The zero-order chi connectivity index (χ0) is 28.6. The van der Waals surface area contributed by atoms with E-state index in [0.717, 1.165) is 44.7 Å². The fourth-order valence-corrected chi connectivity index (χ4v) is 5.24. The summed E-state index contributed by atoms with van der Waals surface area (Å²) in [6.07, 6.45) is 0.707. The van der Waals surface area contributed by atoms with Crippen molar-refractivity contribution in [2.24, 2.45) is 7.05 Å². The van der Waals surface area contributed by atoms with Crippen LogP contribution in [0.4, 0.5) is 0 Å². The number of nitrogens with zero attached hydrogens (tertiary/aromatic N) is 3. The Bertz CT molecular complexity index is 1430. The topological polar surface area (TPSA) is 75.0 Å². The van der Waals surface area contributed by atoms with Gasteiger partial charge >= 0.3 is 0 Å². The number of ether oxygens (including phenoxy) is 4. The van der Waals surface area contributed by atoms with Crippen LogP contribution < -0.4 is 18.9 Å². The van der Waals surface area contributed by atoms with Crippen LogP contribution in [0.1, 0.15) is 5.56 Å². The Hall–Kier alpha value is -4.11. The molecule has 0 N–H and O–H groups in total. The largest absolute Gasteiger partial charge is 0.497 e. The average molecular weight is 562 g/mol. The quantitative estimate of drug-likeness (QED) is 0.209. The number of aromatic nitrogens is 2. The molecule has 0 aliphatic rings. The molecule has 4 rings (SSSR count). The highest BCUT2D eigenvalue weighted by Crippen LogP contribution is 2.36. The summed E-state index contributed by atoms with van der Waals surface area (Å²) in [6.45, 7) is 0.587. The first kappa shape index (κ1) is 28.9. The fraction of sp³-hybridized carbons (Fsp3) is 0.290. The monoisotopic (exact) mass is 561 g/mol. The second-order valence-electron chi connectivity index (χ2n) is 9.15. The van der Waals surface area contributed by atoms with Crippen LogP contribution in [0.3, 0.4) is 0 Å². The minimum Gasteiger partial charge on any atom is -0.497 e. The molecular formula is C31H35N3O5S. The Kier molecular flexibility index (Phi) is 9.60. The number of rotatable bonds is 12. The molecule has 0 bridgehead atoms. The molecule has 0 spiro atoms. The zero-order valence-corrected chi connectivity index (χ0v) is 24.6. The molecule has 40 heavy (non-hydrogen) atoms. The maximum Gasteiger partial charge on any atom is 0.232 e. The van der Waals surface area contributed by atoms with E-state index >= 15 is 0 Å². The van der Waals surface area contributed by atoms with Gasteiger partial charge < -0.3 is 28.4 Å². The minimum absolute atomic E-state index is 0.0328. The number of benzene rings is 3. The van der Waals surface area contributed by atoms with Gasteiger partial charge in [0.1, 0.15) is 11.5 Å². The van der Waals surface area contributed by atoms with Crippen molar-refractivity contribution < 1.29 is 23.7 Å². The van der Waals surface area contributed by atoms with Crippen molar-refractivity contribution in [2.75, 3.05) is 47.8 Å². The highest BCUT2D eigenvalue weighted by Gasteiger charge is 2.20. The van der Waals surface area contributed by atoms with Gasteiger partial charge in [-0.05, 0) is 72.6 Å². The number of carbonyl (C=O) groups is 1. The van der Waals surface area contributed by atoms with Gasteiger partial charge in [-0.1, -0.05) is 17.8 Å². The van der Waals surface area contributed by atoms with Crippen molar-refractivity contribution in [3.05, 3.63) is 72.3 Å². The molecule has 210 valence electrons. The maximum absolute atomic E-state index is 13.0. The number of methoxy groups -OCH3 is 4. The van der Waals surface area contributed by atoms with Gasteiger partial charge in [0.25, 0.3) is 0 Å². The molecule has 0 aliphatic carbocycles. The van der Waals surface area contributed by atoms with E-state index in [0.29, 0.717) is 24.5 Å². The molecule has 0 saturated carbocycles. The molecule has 0 unspecified atom stereocenters. The standard InChI is InChI=1S/C31H35N3O5S/c1-33(18-17-21-7-16-26(38-5)27(19-21)39-6)28(35)20-40-31-32-29(22-8-12-24(36-3)13-9-22)30(34(31)2)23-10-14-25(37-4)15-11-23/h7-16,19H,17-18,20H2,1-6H3. The van der Waals surface area contributed by atoms with Crippen molar-refractivity contribution in [2.45, 2.75) is 11.6 Å². The maximum atomic E-state index is 13.0. The summed E-state index contributed by atoms with van der Waals surface area (Å²) in [5.41, 5.74) is 4.85. The minimum atomic E-state index is 0.0328. The number of amides is 1. The molecule has 1 amide bonds. The van der Waals surface area contributed by atoms with E-state index in [9.17, 15) is 4.79 Å². The third-order valence-electron chi connectivity index (χ3n) is 6.72. The lowest BCUT2D eigenvalue weighted by Gasteiger charge is -2.17. The fourth-order valence-electron chi connectivity index (χ4n) is 4.33. The molecule has 0 aliphatic heterocycles. The van der Waals surface area contributed by atoms with Gasteiger partial charge in [-0.15, -0.1) is 0 Å². The van der Waals surface area contributed by atoms with Crippen molar-refractivity contribution >= 4 is 17.7 Å². The van der Waals surface area contributed by atoms with Gasteiger partial charge in [0, 0.05) is 31.8 Å². The Morgan fingerprint density at radius 2 is 1.43 bits per heavy atom. The Labute approximate surface area is 239 Å². The van der Waals surface area contributed by atoms with Crippen LogP contribution in [0.2, 0.25) is 0 Å². The second-order valence-corrected chi connectivity index (χ2v) is 10.1. The van der Waals surface area contributed by atoms with E-state index in [-0.39, 0.29) is 11.7 Å². The van der Waals surface area contributed by atoms with Crippen LogP contribution in [0, 0.1) is 0 Å². The van der Waals surface area contributed by atoms with E-state index in [1.807, 2.05) is 85.4 Å². The molecule has 1 heterocycles. The highest BCUT2D eigenvalue weighted by atomic mass is 32.2. The van der Waals surface area contributed by atoms with Crippen molar-refractivity contribution in [1.82, 2.24) is 14.5 Å². The normalized spacial score (nSPS) is 10.8. The molecule has 0 radical (unpaired) electrons. The molecule has 3 aromatic carbocycles. The number of likely N-dealkylation sites (N-methyl/N-ethyl adjacent to an activating group) is 1. The summed E-state index contributed by atoms with van der Waals surface area (Å²) in [6, 6.07) is 21.6. The van der Waals surface area contributed by atoms with Crippen molar-refractivity contribution in [3.8, 4) is 45.5 Å². The summed E-state index contributed by atoms with van der Waals surface area (Å²) in [5.74, 6) is 3.24. The summed E-state index contributed by atoms with van der Waals surface area (Å²) in [7, 11) is 10.3. The van der Waals surface area contributed by atoms with Crippen LogP contribution in [0.25, 0.3) is 22.5 Å². The van der Waals surface area contributed by atoms with Gasteiger partial charge in [0.05, 0.1) is 45.6 Å². The zero-order valence-electron chi connectivity index (χ0n) is 23.8. The number of thioether (sulfide) groups is 1. The van der Waals surface area contributed by atoms with Gasteiger partial charge in [0.15, 0.2) is 16.7 Å². The van der Waals surface area contributed by atoms with Gasteiger partial charge in [-0.3, -0.25) is 4.79 Å². The Morgan fingerprint density at radius 1 is 0.825 bits per heavy atom. The van der Waals surface area contributed by atoms with Gasteiger partial charge in [0.2, 0.25) is 5.91 Å². The number of hydrogen-bond acceptors (Lipinski definition) is 7. The van der Waals surface area contributed by atoms with E-state index in [4.69, 9.17) is 23.9 Å². The van der Waals surface area contributed by atoms with E-state index in [1.165, 1.54) is 11.8 Å². The molecular weight excluding hydrogens is 526 g/mol. The van der Waals surface area contributed by atoms with Crippen molar-refractivity contribution in [3.63, 3.8) is 0 Å². The first-order valence-corrected chi connectivity index (χ1v) is 13.8. The summed E-state index contributed by atoms with van der Waals surface area (Å²) < 4.78 is 23.4. The van der Waals surface area contributed by atoms with Crippen LogP contribution in [0.15, 0.2) is 71.9 Å². The van der Waals surface area contributed by atoms with E-state index < -0.39 is 0 Å². The lowest BCUT2D eigenvalue weighted by Crippen LogP contribution is -2.30. The van der Waals surface area contributed by atoms with E-state index in [1.54, 1.807) is 33.3 Å². The predicted molar refractivity (Wildman–Crippen MR) is 159 cm³/mol. The lowest BCUT2D eigenvalue weighted by atomic mass is 10.0. The molecule has 4 aromatic rings. The third kappa shape index (κ3) is 6.54. The smallest absolute Gasteiger partial charge is 0.232 e. The Morgan fingerprint density at radius 3 is 2.00 bits per heavy atom. The molecule has 8 nitrogen and oxygen atoms in total. The summed E-state index contributed by atoms with van der Waals surface area (Å²) in [4.78, 5) is 19.8. The average Bonchev–Trinajstić information content (AvgIpc) is 3.33. The third-order valence-corrected chi connectivity index (χ3v) is 7.73. The lowest BCUT2D eigenvalue weighted by molar-refractivity contribution is -0.127. The van der Waals surface area contributed by atoms with Gasteiger partial charge in [-0.2, -0.15) is 0 Å². The van der Waals surface area contributed by atoms with Crippen LogP contribution in [-0.2, 0) is 18.3 Å². The second kappa shape index (κ2) is 13.3. The van der Waals surface area contributed by atoms with Gasteiger partial charge in [-0.25, -0.2) is 4.98 Å². The highest BCUT2D eigenvalue weighted by molar-refractivity contribution is 7.99. The predicted octanol–water partition coefficient (Wildman–Crippen LogP) is 5.58. The van der Waals surface area contributed by atoms with Crippen LogP contribution >= 0.6 is 11.8 Å². The van der Waals surface area contributed by atoms with Crippen molar-refractivity contribution in [1.29, 1.82) is 0 Å². The van der Waals surface area contributed by atoms with Crippen LogP contribution in [-0.4, -0.2) is 68.1 Å². The number of carbonyl (C=O) groups excluding carboxylic acids is 1. The van der Waals surface area contributed by atoms with E-state index in [2.05, 4.69) is 0 Å². The SMILES string of the molecule is COc1ccc(-c2nc(SCC(=O)N(C)CCc3ccc(OC)c(OC)c3)n(C)c2-c2ccc(OC)cc2)cc1. The first-order chi connectivity index (χ1) is 19.4. The first-order valence-electron chi connectivity index (χ1n) is 12.8. The van der Waals surface area contributed by atoms with Crippen LogP contribution in [0.5, 0.6) is 23.0 Å². The molecule has 9 heteroatoms. The number of hydrogen-bond donors (Lipinski definition) is 0. The molecule has 0 saturated heterocycles. The molecule has 0 fully saturated rings. The Balaban J connectivity index is 1.50. The molecule has 1 aromatic heterocycles. The summed E-state index contributed by atoms with van der Waals surface area (Å²) >= 11 is 1.43. The number of imidazole rings is 1.